The van der Waals surface area contributed by atoms with E-state index in [-0.39, 0.29) is 6.42 Å². The van der Waals surface area contributed by atoms with Crippen LogP contribution in [0.25, 0.3) is 0 Å². The maximum Gasteiger partial charge on any atom is 0.408 e. The molecule has 0 bridgehead atoms. The van der Waals surface area contributed by atoms with Crippen LogP contribution in [0.4, 0.5) is 4.79 Å². The molecule has 0 fully saturated rings. The number of aliphatic carboxylic acids is 1. The first-order valence-corrected chi connectivity index (χ1v) is 7.05. The van der Waals surface area contributed by atoms with E-state index >= 15 is 0 Å². The first kappa shape index (κ1) is 16.4. The maximum absolute atomic E-state index is 11.8. The lowest BCUT2D eigenvalue weighted by molar-refractivity contribution is -0.137. The molecule has 0 aliphatic carbocycles. The van der Waals surface area contributed by atoms with Crippen molar-refractivity contribution >= 4 is 23.4 Å². The van der Waals surface area contributed by atoms with Gasteiger partial charge in [-0.25, -0.2) is 9.78 Å². The van der Waals surface area contributed by atoms with Crippen LogP contribution in [0.5, 0.6) is 0 Å². The average molecular weight is 300 g/mol. The van der Waals surface area contributed by atoms with E-state index < -0.39 is 23.7 Å². The zero-order valence-electron chi connectivity index (χ0n) is 12.3. The van der Waals surface area contributed by atoms with Crippen molar-refractivity contribution < 1.29 is 19.4 Å². The number of nitrogens with one attached hydrogen (secondary N) is 1. The molecular weight excluding hydrogens is 280 g/mol. The Morgan fingerprint density at radius 1 is 1.40 bits per heavy atom. The van der Waals surface area contributed by atoms with Crippen molar-refractivity contribution in [3.8, 4) is 0 Å². The highest BCUT2D eigenvalue weighted by Gasteiger charge is 2.25. The molecule has 2 N–H and O–H groups in total. The van der Waals surface area contributed by atoms with Gasteiger partial charge in [0.1, 0.15) is 5.60 Å². The second kappa shape index (κ2) is 6.21. The van der Waals surface area contributed by atoms with Gasteiger partial charge >= 0.3 is 12.1 Å². The molecule has 7 heteroatoms. The highest BCUT2D eigenvalue weighted by molar-refractivity contribution is 7.11. The molecule has 1 aromatic heterocycles. The Morgan fingerprint density at radius 3 is 2.40 bits per heavy atom. The number of carbonyl (C=O) groups is 2. The zero-order chi connectivity index (χ0) is 15.5. The lowest BCUT2D eigenvalue weighted by Gasteiger charge is -2.22. The molecule has 112 valence electrons. The smallest absolute Gasteiger partial charge is 0.408 e. The minimum Gasteiger partial charge on any atom is -0.481 e. The number of hydrogen-bond donors (Lipinski definition) is 2. The summed E-state index contributed by atoms with van der Waals surface area (Å²) in [5, 5.41) is 12.4. The Hall–Kier alpha value is -1.63. The van der Waals surface area contributed by atoms with Crippen LogP contribution in [0.2, 0.25) is 0 Å². The highest BCUT2D eigenvalue weighted by Crippen LogP contribution is 2.27. The number of amides is 1. The normalized spacial score (nSPS) is 12.8. The Labute approximate surface area is 122 Å². The number of carbonyl (C=O) groups excluding carboxylic acids is 1. The van der Waals surface area contributed by atoms with Gasteiger partial charge in [-0.1, -0.05) is 0 Å². The summed E-state index contributed by atoms with van der Waals surface area (Å²) in [6, 6.07) is -0.631. The standard InChI is InChI=1S/C13H20N2O4S/c1-7-11(20-8(2)14-7)9(6-10(16)17)15-12(18)19-13(3,4)5/h9H,6H2,1-5H3,(H,15,18)(H,16,17)/t9-/m0/s1. The van der Waals surface area contributed by atoms with Crippen molar-refractivity contribution in [3.05, 3.63) is 15.6 Å². The number of rotatable bonds is 4. The van der Waals surface area contributed by atoms with Crippen LogP contribution in [0.15, 0.2) is 0 Å². The van der Waals surface area contributed by atoms with Gasteiger partial charge in [0.2, 0.25) is 0 Å². The van der Waals surface area contributed by atoms with Crippen LogP contribution >= 0.6 is 11.3 Å². The number of carboxylic acids is 1. The molecule has 0 aliphatic rings. The Kier molecular flexibility index (Phi) is 5.10. The van der Waals surface area contributed by atoms with Crippen LogP contribution in [0.1, 0.15) is 48.8 Å². The van der Waals surface area contributed by atoms with Gasteiger partial charge in [0.05, 0.1) is 28.0 Å². The quantitative estimate of drug-likeness (QED) is 0.892. The average Bonchev–Trinajstić information content (AvgIpc) is 2.53. The van der Waals surface area contributed by atoms with E-state index in [0.717, 1.165) is 15.6 Å². The maximum atomic E-state index is 11.8. The summed E-state index contributed by atoms with van der Waals surface area (Å²) >= 11 is 1.38. The van der Waals surface area contributed by atoms with E-state index in [1.54, 1.807) is 27.7 Å². The molecule has 0 saturated carbocycles. The number of aryl methyl sites for hydroxylation is 2. The number of carboxylic acid groups (broad SMARTS) is 1. The molecule has 0 saturated heterocycles. The van der Waals surface area contributed by atoms with E-state index in [2.05, 4.69) is 10.3 Å². The van der Waals surface area contributed by atoms with Crippen molar-refractivity contribution in [2.75, 3.05) is 0 Å². The van der Waals surface area contributed by atoms with Crippen molar-refractivity contribution in [2.45, 2.75) is 52.7 Å². The number of aromatic nitrogens is 1. The third-order valence-electron chi connectivity index (χ3n) is 2.33. The molecule has 20 heavy (non-hydrogen) atoms. The Morgan fingerprint density at radius 2 is 2.00 bits per heavy atom. The lowest BCUT2D eigenvalue weighted by Crippen LogP contribution is -2.35. The topological polar surface area (TPSA) is 88.5 Å². The molecule has 0 aromatic carbocycles. The lowest BCUT2D eigenvalue weighted by atomic mass is 10.1. The Bertz CT molecular complexity index is 505. The van der Waals surface area contributed by atoms with E-state index in [4.69, 9.17) is 9.84 Å². The van der Waals surface area contributed by atoms with Crippen molar-refractivity contribution in [3.63, 3.8) is 0 Å². The molecule has 0 spiro atoms. The number of thiazole rings is 1. The third-order valence-corrected chi connectivity index (χ3v) is 3.51. The summed E-state index contributed by atoms with van der Waals surface area (Å²) in [5.74, 6) is -0.989. The van der Waals surface area contributed by atoms with E-state index in [1.165, 1.54) is 11.3 Å². The van der Waals surface area contributed by atoms with Crippen LogP contribution in [0, 0.1) is 13.8 Å². The minimum absolute atomic E-state index is 0.207. The van der Waals surface area contributed by atoms with Crippen LogP contribution < -0.4 is 5.32 Å². The van der Waals surface area contributed by atoms with Gasteiger partial charge in [-0.15, -0.1) is 11.3 Å². The fraction of sp³-hybridized carbons (Fsp3) is 0.615. The summed E-state index contributed by atoms with van der Waals surface area (Å²) in [7, 11) is 0. The van der Waals surface area contributed by atoms with Gasteiger partial charge < -0.3 is 15.2 Å². The summed E-state index contributed by atoms with van der Waals surface area (Å²) in [4.78, 5) is 27.8. The predicted molar refractivity (Wildman–Crippen MR) is 76.0 cm³/mol. The zero-order valence-corrected chi connectivity index (χ0v) is 13.1. The van der Waals surface area contributed by atoms with Crippen molar-refractivity contribution in [2.24, 2.45) is 0 Å². The third kappa shape index (κ3) is 5.16. The van der Waals surface area contributed by atoms with Gasteiger partial charge in [-0.05, 0) is 34.6 Å². The van der Waals surface area contributed by atoms with Gasteiger partial charge in [-0.3, -0.25) is 4.79 Å². The Balaban J connectivity index is 2.88. The molecule has 0 unspecified atom stereocenters. The minimum atomic E-state index is -0.989. The largest absolute Gasteiger partial charge is 0.481 e. The van der Waals surface area contributed by atoms with Gasteiger partial charge in [0, 0.05) is 0 Å². The summed E-state index contributed by atoms with van der Waals surface area (Å²) in [6.45, 7) is 8.89. The number of hydrogen-bond acceptors (Lipinski definition) is 5. The van der Waals surface area contributed by atoms with Crippen LogP contribution in [-0.2, 0) is 9.53 Å². The molecule has 0 radical (unpaired) electrons. The fourth-order valence-electron chi connectivity index (χ4n) is 1.70. The monoisotopic (exact) mass is 300 g/mol. The first-order chi connectivity index (χ1) is 9.08. The molecule has 1 aromatic rings. The fourth-order valence-corrected chi connectivity index (χ4v) is 2.68. The van der Waals surface area contributed by atoms with Crippen molar-refractivity contribution in [1.29, 1.82) is 0 Å². The molecule has 1 amide bonds. The van der Waals surface area contributed by atoms with Crippen molar-refractivity contribution in [1.82, 2.24) is 10.3 Å². The van der Waals surface area contributed by atoms with Crippen LogP contribution in [-0.4, -0.2) is 27.8 Å². The molecule has 1 heterocycles. The first-order valence-electron chi connectivity index (χ1n) is 6.23. The second-order valence-electron chi connectivity index (χ2n) is 5.48. The molecular formula is C13H20N2O4S. The summed E-state index contributed by atoms with van der Waals surface area (Å²) < 4.78 is 5.16. The van der Waals surface area contributed by atoms with Gasteiger partial charge in [0.25, 0.3) is 0 Å². The second-order valence-corrected chi connectivity index (χ2v) is 6.71. The number of nitrogens with zero attached hydrogens (tertiary/aromatic N) is 1. The predicted octanol–water partition coefficient (Wildman–Crippen LogP) is 2.80. The van der Waals surface area contributed by atoms with Crippen LogP contribution in [0.3, 0.4) is 0 Å². The van der Waals surface area contributed by atoms with E-state index in [0.29, 0.717) is 0 Å². The molecule has 6 nitrogen and oxygen atoms in total. The van der Waals surface area contributed by atoms with Gasteiger partial charge in [-0.2, -0.15) is 0 Å². The summed E-state index contributed by atoms with van der Waals surface area (Å²) in [6.07, 6.45) is -0.837. The molecule has 1 rings (SSSR count). The number of alkyl carbamates (subject to hydrolysis) is 1. The van der Waals surface area contributed by atoms with E-state index in [1.807, 2.05) is 6.92 Å². The molecule has 0 aliphatic heterocycles. The summed E-state index contributed by atoms with van der Waals surface area (Å²) in [5.41, 5.74) is 0.103. The molecule has 1 atom stereocenters. The number of ether oxygens (including phenoxy) is 1. The van der Waals surface area contributed by atoms with E-state index in [9.17, 15) is 9.59 Å². The highest BCUT2D eigenvalue weighted by atomic mass is 32.1. The van der Waals surface area contributed by atoms with Gasteiger partial charge in [0.15, 0.2) is 0 Å². The SMILES string of the molecule is Cc1nc(C)c([C@H](CC(=O)O)NC(=O)OC(C)(C)C)s1.